The molecule has 0 saturated carbocycles. The maximum absolute atomic E-state index is 13.0. The molecule has 1 aromatic carbocycles. The summed E-state index contributed by atoms with van der Waals surface area (Å²) in [4.78, 5) is 39.6. The van der Waals surface area contributed by atoms with Gasteiger partial charge >= 0.3 is 0 Å². The van der Waals surface area contributed by atoms with Gasteiger partial charge in [-0.3, -0.25) is 19.3 Å². The molecule has 1 saturated heterocycles. The van der Waals surface area contributed by atoms with Crippen molar-refractivity contribution in [2.45, 2.75) is 39.7 Å². The first-order chi connectivity index (χ1) is 14.8. The largest absolute Gasteiger partial charge is 0.350 e. The number of nitrogens with one attached hydrogen (secondary N) is 3. The summed E-state index contributed by atoms with van der Waals surface area (Å²) in [5, 5.41) is 10.5. The Morgan fingerprint density at radius 2 is 1.68 bits per heavy atom. The van der Waals surface area contributed by atoms with Crippen LogP contribution in [0.2, 0.25) is 0 Å². The number of carbonyl (C=O) groups excluding carboxylic acids is 3. The highest BCUT2D eigenvalue weighted by molar-refractivity contribution is 7.10. The van der Waals surface area contributed by atoms with Crippen LogP contribution in [0.1, 0.15) is 54.9 Å². The van der Waals surface area contributed by atoms with Crippen molar-refractivity contribution in [1.82, 2.24) is 10.2 Å². The van der Waals surface area contributed by atoms with E-state index in [0.29, 0.717) is 23.5 Å². The van der Waals surface area contributed by atoms with Gasteiger partial charge in [-0.1, -0.05) is 13.0 Å². The number of piperidine rings is 1. The van der Waals surface area contributed by atoms with Crippen LogP contribution in [-0.4, -0.2) is 42.3 Å². The number of rotatable bonds is 7. The fraction of sp³-hybridized carbons (Fsp3) is 0.435. The molecule has 2 aromatic rings. The summed E-state index contributed by atoms with van der Waals surface area (Å²) < 4.78 is 0. The monoisotopic (exact) mass is 442 g/mol. The zero-order chi connectivity index (χ0) is 22.4. The molecular weight excluding hydrogens is 412 g/mol. The molecule has 0 spiro atoms. The molecule has 0 bridgehead atoms. The third-order valence-electron chi connectivity index (χ3n) is 5.42. The molecule has 1 aromatic heterocycles. The van der Waals surface area contributed by atoms with Crippen LogP contribution in [0.5, 0.6) is 0 Å². The van der Waals surface area contributed by atoms with E-state index in [1.807, 2.05) is 6.07 Å². The molecule has 3 amide bonds. The van der Waals surface area contributed by atoms with Gasteiger partial charge in [-0.15, -0.1) is 11.3 Å². The lowest BCUT2D eigenvalue weighted by atomic mass is 9.97. The maximum Gasteiger partial charge on any atom is 0.251 e. The minimum Gasteiger partial charge on any atom is -0.350 e. The van der Waals surface area contributed by atoms with E-state index in [4.69, 9.17) is 0 Å². The summed E-state index contributed by atoms with van der Waals surface area (Å²) in [7, 11) is 0. The van der Waals surface area contributed by atoms with Crippen molar-refractivity contribution in [2.75, 3.05) is 30.3 Å². The molecule has 0 unspecified atom stereocenters. The number of likely N-dealkylation sites (tertiary alicyclic amines) is 1. The minimum atomic E-state index is -0.247. The Morgan fingerprint density at radius 3 is 2.19 bits per heavy atom. The van der Waals surface area contributed by atoms with Crippen LogP contribution in [0.3, 0.4) is 0 Å². The van der Waals surface area contributed by atoms with E-state index in [0.717, 1.165) is 31.8 Å². The highest BCUT2D eigenvalue weighted by Gasteiger charge is 2.26. The SMILES string of the molecule is CC(=O)Nc1cc(NC(C)=O)cc(C(=O)NC[C@@H](c2cccs2)N2CCC(C)CC2)c1. The van der Waals surface area contributed by atoms with Crippen LogP contribution >= 0.6 is 11.3 Å². The lowest BCUT2D eigenvalue weighted by molar-refractivity contribution is -0.115. The van der Waals surface area contributed by atoms with Crippen molar-refractivity contribution in [3.63, 3.8) is 0 Å². The van der Waals surface area contributed by atoms with Gasteiger partial charge in [0, 0.05) is 42.2 Å². The molecule has 166 valence electrons. The smallest absolute Gasteiger partial charge is 0.251 e. The second-order valence-electron chi connectivity index (χ2n) is 8.12. The number of benzene rings is 1. The van der Waals surface area contributed by atoms with Crippen LogP contribution in [-0.2, 0) is 9.59 Å². The maximum atomic E-state index is 13.0. The zero-order valence-corrected chi connectivity index (χ0v) is 19.1. The minimum absolute atomic E-state index is 0.129. The Hall–Kier alpha value is -2.71. The molecule has 2 heterocycles. The number of hydrogen-bond acceptors (Lipinski definition) is 5. The first kappa shape index (κ1) is 23.0. The number of amides is 3. The molecule has 3 rings (SSSR count). The van der Waals surface area contributed by atoms with Gasteiger partial charge in [0.2, 0.25) is 11.8 Å². The van der Waals surface area contributed by atoms with Gasteiger partial charge in [0.05, 0.1) is 6.04 Å². The summed E-state index contributed by atoms with van der Waals surface area (Å²) in [6.45, 7) is 7.61. The summed E-state index contributed by atoms with van der Waals surface area (Å²) in [5.74, 6) is -0.00360. The van der Waals surface area contributed by atoms with Crippen molar-refractivity contribution >= 4 is 40.4 Å². The first-order valence-electron chi connectivity index (χ1n) is 10.6. The van der Waals surface area contributed by atoms with Gasteiger partial charge in [0.1, 0.15) is 0 Å². The van der Waals surface area contributed by atoms with E-state index in [1.54, 1.807) is 29.5 Å². The zero-order valence-electron chi connectivity index (χ0n) is 18.2. The van der Waals surface area contributed by atoms with Gasteiger partial charge in [0.25, 0.3) is 5.91 Å². The Bertz CT molecular complexity index is 887. The number of hydrogen-bond donors (Lipinski definition) is 3. The molecular formula is C23H30N4O3S. The molecule has 1 atom stereocenters. The summed E-state index contributed by atoms with van der Waals surface area (Å²) in [5.41, 5.74) is 1.31. The van der Waals surface area contributed by atoms with Crippen LogP contribution in [0.25, 0.3) is 0 Å². The predicted molar refractivity (Wildman–Crippen MR) is 124 cm³/mol. The number of thiophene rings is 1. The second-order valence-corrected chi connectivity index (χ2v) is 9.10. The van der Waals surface area contributed by atoms with Crippen LogP contribution < -0.4 is 16.0 Å². The molecule has 7 nitrogen and oxygen atoms in total. The Kier molecular flexibility index (Phi) is 7.81. The fourth-order valence-electron chi connectivity index (χ4n) is 3.83. The van der Waals surface area contributed by atoms with E-state index >= 15 is 0 Å². The van der Waals surface area contributed by atoms with Crippen molar-refractivity contribution in [2.24, 2.45) is 5.92 Å². The van der Waals surface area contributed by atoms with E-state index in [-0.39, 0.29) is 23.8 Å². The number of anilines is 2. The van der Waals surface area contributed by atoms with Crippen LogP contribution in [0.15, 0.2) is 35.7 Å². The second kappa shape index (κ2) is 10.5. The van der Waals surface area contributed by atoms with Crippen molar-refractivity contribution in [3.05, 3.63) is 46.2 Å². The Labute approximate surface area is 187 Å². The molecule has 1 aliphatic heterocycles. The van der Waals surface area contributed by atoms with E-state index in [9.17, 15) is 14.4 Å². The average molecular weight is 443 g/mol. The molecule has 3 N–H and O–H groups in total. The average Bonchev–Trinajstić information content (AvgIpc) is 3.22. The van der Waals surface area contributed by atoms with E-state index in [1.165, 1.54) is 18.7 Å². The van der Waals surface area contributed by atoms with Crippen molar-refractivity contribution < 1.29 is 14.4 Å². The fourth-order valence-corrected chi connectivity index (χ4v) is 4.69. The summed E-state index contributed by atoms with van der Waals surface area (Å²) >= 11 is 1.70. The van der Waals surface area contributed by atoms with E-state index in [2.05, 4.69) is 39.2 Å². The standard InChI is InChI=1S/C23H30N4O3S/c1-15-6-8-27(9-7-15)21(22-5-4-10-31-22)14-24-23(30)18-11-19(25-16(2)28)13-20(12-18)26-17(3)29/h4-5,10-13,15,21H,6-9,14H2,1-3H3,(H,24,30)(H,25,28)(H,26,29)/t21-/m0/s1. The molecule has 31 heavy (non-hydrogen) atoms. The third-order valence-corrected chi connectivity index (χ3v) is 6.40. The quantitative estimate of drug-likeness (QED) is 0.607. The molecule has 8 heteroatoms. The van der Waals surface area contributed by atoms with Crippen LogP contribution in [0.4, 0.5) is 11.4 Å². The highest BCUT2D eigenvalue weighted by Crippen LogP contribution is 2.29. The third kappa shape index (κ3) is 6.63. The Balaban J connectivity index is 1.75. The Morgan fingerprint density at radius 1 is 1.06 bits per heavy atom. The molecule has 1 fully saturated rings. The molecule has 0 radical (unpaired) electrons. The van der Waals surface area contributed by atoms with E-state index < -0.39 is 0 Å². The van der Waals surface area contributed by atoms with Gasteiger partial charge in [-0.05, 0) is 61.5 Å². The number of nitrogens with zero attached hydrogens (tertiary/aromatic N) is 1. The molecule has 0 aliphatic carbocycles. The van der Waals surface area contributed by atoms with Crippen molar-refractivity contribution in [1.29, 1.82) is 0 Å². The van der Waals surface area contributed by atoms with Gasteiger partial charge in [-0.2, -0.15) is 0 Å². The van der Waals surface area contributed by atoms with Gasteiger partial charge < -0.3 is 16.0 Å². The summed E-state index contributed by atoms with van der Waals surface area (Å²) in [6.07, 6.45) is 2.32. The predicted octanol–water partition coefficient (Wildman–Crippen LogP) is 3.87. The normalized spacial score (nSPS) is 15.8. The lowest BCUT2D eigenvalue weighted by Crippen LogP contribution is -2.41. The van der Waals surface area contributed by atoms with Crippen LogP contribution in [0, 0.1) is 5.92 Å². The topological polar surface area (TPSA) is 90.5 Å². The highest BCUT2D eigenvalue weighted by atomic mass is 32.1. The first-order valence-corrected chi connectivity index (χ1v) is 11.5. The van der Waals surface area contributed by atoms with Gasteiger partial charge in [0.15, 0.2) is 0 Å². The lowest BCUT2D eigenvalue weighted by Gasteiger charge is -2.36. The molecule has 1 aliphatic rings. The number of carbonyl (C=O) groups is 3. The van der Waals surface area contributed by atoms with Gasteiger partial charge in [-0.25, -0.2) is 0 Å². The van der Waals surface area contributed by atoms with Crippen molar-refractivity contribution in [3.8, 4) is 0 Å². The summed E-state index contributed by atoms with van der Waals surface area (Å²) in [6, 6.07) is 9.15.